The highest BCUT2D eigenvalue weighted by atomic mass is 35.5. The number of sulfonamides is 1. The lowest BCUT2D eigenvalue weighted by molar-refractivity contribution is -0.114. The maximum absolute atomic E-state index is 13.7. The van der Waals surface area contributed by atoms with E-state index in [1.54, 1.807) is 43.3 Å². The molecule has 7 nitrogen and oxygen atoms in total. The van der Waals surface area contributed by atoms with Gasteiger partial charge in [0.2, 0.25) is 5.91 Å². The number of fused-ring (bicyclic) bond motifs is 3. The summed E-state index contributed by atoms with van der Waals surface area (Å²) in [5, 5.41) is 5.10. The van der Waals surface area contributed by atoms with Crippen molar-refractivity contribution < 1.29 is 22.4 Å². The molecule has 0 unspecified atom stereocenters. The van der Waals surface area contributed by atoms with Crippen molar-refractivity contribution in [2.45, 2.75) is 11.8 Å². The van der Waals surface area contributed by atoms with Crippen LogP contribution in [0.15, 0.2) is 100 Å². The maximum atomic E-state index is 13.7. The number of hydrogen-bond donors (Lipinski definition) is 1. The van der Waals surface area contributed by atoms with Crippen LogP contribution in [0, 0.1) is 0 Å². The molecule has 5 rings (SSSR count). The molecule has 0 aliphatic carbocycles. The summed E-state index contributed by atoms with van der Waals surface area (Å²) in [4.78, 5) is 13.2. The molecule has 0 fully saturated rings. The summed E-state index contributed by atoms with van der Waals surface area (Å²) in [6.45, 7) is 1.65. The standard InChI is InChI=1S/C28H23ClN2O5S/c1-2-35-26-10-6-4-8-24(26)31(37(33,34)21-14-11-19(29)12-15-21)18-28(32)30-20-13-16-23-22-7-3-5-9-25(22)36-27(23)17-20/h3-17H,2,18H2,1H3,(H,30,32). The summed E-state index contributed by atoms with van der Waals surface area (Å²) in [5.41, 5.74) is 2.10. The van der Waals surface area contributed by atoms with E-state index in [0.717, 1.165) is 20.7 Å². The van der Waals surface area contributed by atoms with Gasteiger partial charge in [0.25, 0.3) is 10.0 Å². The highest BCUT2D eigenvalue weighted by molar-refractivity contribution is 7.92. The van der Waals surface area contributed by atoms with Crippen LogP contribution in [0.25, 0.3) is 21.9 Å². The molecular weight excluding hydrogens is 512 g/mol. The molecule has 0 saturated carbocycles. The predicted octanol–water partition coefficient (Wildman–Crippen LogP) is 6.47. The topological polar surface area (TPSA) is 88.8 Å². The maximum Gasteiger partial charge on any atom is 0.264 e. The molecule has 1 amide bonds. The molecule has 4 aromatic carbocycles. The lowest BCUT2D eigenvalue weighted by atomic mass is 10.1. The SMILES string of the molecule is CCOc1ccccc1N(CC(=O)Nc1ccc2c(c1)oc1ccccc12)S(=O)(=O)c1ccc(Cl)cc1. The Kier molecular flexibility index (Phi) is 6.78. The Morgan fingerprint density at radius 1 is 0.919 bits per heavy atom. The van der Waals surface area contributed by atoms with Crippen molar-refractivity contribution in [2.75, 3.05) is 22.8 Å². The zero-order valence-corrected chi connectivity index (χ0v) is 21.4. The molecule has 0 bridgehead atoms. The van der Waals surface area contributed by atoms with Gasteiger partial charge < -0.3 is 14.5 Å². The first-order chi connectivity index (χ1) is 17.9. The molecule has 1 aromatic heterocycles. The highest BCUT2D eigenvalue weighted by Gasteiger charge is 2.29. The number of carbonyl (C=O) groups excluding carboxylic acids is 1. The van der Waals surface area contributed by atoms with Crippen LogP contribution in [0.5, 0.6) is 5.75 Å². The lowest BCUT2D eigenvalue weighted by Gasteiger charge is -2.26. The number of furan rings is 1. The van der Waals surface area contributed by atoms with Gasteiger partial charge in [0.05, 0.1) is 17.2 Å². The molecule has 188 valence electrons. The van der Waals surface area contributed by atoms with Gasteiger partial charge in [-0.15, -0.1) is 0 Å². The van der Waals surface area contributed by atoms with Gasteiger partial charge in [0, 0.05) is 27.5 Å². The average Bonchev–Trinajstić information content (AvgIpc) is 3.26. The highest BCUT2D eigenvalue weighted by Crippen LogP contribution is 2.33. The van der Waals surface area contributed by atoms with Crippen LogP contribution < -0.4 is 14.4 Å². The molecule has 37 heavy (non-hydrogen) atoms. The van der Waals surface area contributed by atoms with Gasteiger partial charge in [-0.2, -0.15) is 0 Å². The second-order valence-corrected chi connectivity index (χ2v) is 10.5. The predicted molar refractivity (Wildman–Crippen MR) is 146 cm³/mol. The van der Waals surface area contributed by atoms with Crippen molar-refractivity contribution in [3.8, 4) is 5.75 Å². The molecule has 0 aliphatic heterocycles. The number of ether oxygens (including phenoxy) is 1. The minimum absolute atomic E-state index is 0.000281. The molecule has 0 radical (unpaired) electrons. The Balaban J connectivity index is 1.48. The third-order valence-corrected chi connectivity index (χ3v) is 7.81. The van der Waals surface area contributed by atoms with E-state index in [9.17, 15) is 13.2 Å². The number of anilines is 2. The van der Waals surface area contributed by atoms with E-state index in [-0.39, 0.29) is 10.6 Å². The van der Waals surface area contributed by atoms with Crippen LogP contribution in [0.1, 0.15) is 6.92 Å². The summed E-state index contributed by atoms with van der Waals surface area (Å²) in [6, 6.07) is 25.5. The second kappa shape index (κ2) is 10.2. The van der Waals surface area contributed by atoms with Crippen LogP contribution in [0.4, 0.5) is 11.4 Å². The second-order valence-electron chi connectivity index (χ2n) is 8.22. The summed E-state index contributed by atoms with van der Waals surface area (Å²) in [6.07, 6.45) is 0. The number of nitrogens with zero attached hydrogens (tertiary/aromatic N) is 1. The van der Waals surface area contributed by atoms with Crippen molar-refractivity contribution in [1.29, 1.82) is 0 Å². The summed E-state index contributed by atoms with van der Waals surface area (Å²) in [7, 11) is -4.14. The van der Waals surface area contributed by atoms with Gasteiger partial charge in [0.1, 0.15) is 23.5 Å². The first-order valence-corrected chi connectivity index (χ1v) is 13.4. The minimum atomic E-state index is -4.14. The van der Waals surface area contributed by atoms with Gasteiger partial charge >= 0.3 is 0 Å². The molecule has 1 heterocycles. The van der Waals surface area contributed by atoms with Crippen LogP contribution >= 0.6 is 11.6 Å². The van der Waals surface area contributed by atoms with Crippen LogP contribution in [-0.2, 0) is 14.8 Å². The third-order valence-electron chi connectivity index (χ3n) is 5.79. The molecule has 9 heteroatoms. The van der Waals surface area contributed by atoms with Crippen LogP contribution in [0.3, 0.4) is 0 Å². The van der Waals surface area contributed by atoms with Gasteiger partial charge in [-0.05, 0) is 61.5 Å². The average molecular weight is 535 g/mol. The van der Waals surface area contributed by atoms with E-state index in [4.69, 9.17) is 20.8 Å². The fourth-order valence-corrected chi connectivity index (χ4v) is 5.67. The number of nitrogens with one attached hydrogen (secondary N) is 1. The number of benzene rings is 4. The summed E-state index contributed by atoms with van der Waals surface area (Å²) >= 11 is 5.97. The van der Waals surface area contributed by atoms with Gasteiger partial charge in [0.15, 0.2) is 0 Å². The van der Waals surface area contributed by atoms with Crippen LogP contribution in [0.2, 0.25) is 5.02 Å². The van der Waals surface area contributed by atoms with Crippen molar-refractivity contribution in [3.63, 3.8) is 0 Å². The first kappa shape index (κ1) is 24.7. The number of rotatable bonds is 8. The lowest BCUT2D eigenvalue weighted by Crippen LogP contribution is -2.38. The minimum Gasteiger partial charge on any atom is -0.492 e. The van der Waals surface area contributed by atoms with E-state index >= 15 is 0 Å². The van der Waals surface area contributed by atoms with E-state index in [1.807, 2.05) is 30.3 Å². The molecule has 0 saturated heterocycles. The van der Waals surface area contributed by atoms with Crippen molar-refractivity contribution in [2.24, 2.45) is 0 Å². The molecule has 0 atom stereocenters. The Bertz CT molecular complexity index is 1700. The summed E-state index contributed by atoms with van der Waals surface area (Å²) < 4.78 is 40.0. The smallest absolute Gasteiger partial charge is 0.264 e. The van der Waals surface area contributed by atoms with E-state index in [2.05, 4.69) is 5.32 Å². The zero-order valence-electron chi connectivity index (χ0n) is 19.8. The molecule has 1 N–H and O–H groups in total. The normalized spacial score (nSPS) is 11.5. The molecule has 0 spiro atoms. The number of amides is 1. The number of halogens is 1. The van der Waals surface area contributed by atoms with Crippen LogP contribution in [-0.4, -0.2) is 27.5 Å². The van der Waals surface area contributed by atoms with Crippen molar-refractivity contribution in [1.82, 2.24) is 0 Å². The van der Waals surface area contributed by atoms with Crippen molar-refractivity contribution in [3.05, 3.63) is 96.0 Å². The number of para-hydroxylation sites is 3. The Labute approximate surface area is 219 Å². The largest absolute Gasteiger partial charge is 0.492 e. The Morgan fingerprint density at radius 2 is 1.62 bits per heavy atom. The molecular formula is C28H23ClN2O5S. The summed E-state index contributed by atoms with van der Waals surface area (Å²) in [5.74, 6) is -0.182. The molecule has 5 aromatic rings. The van der Waals surface area contributed by atoms with E-state index in [1.165, 1.54) is 24.3 Å². The Morgan fingerprint density at radius 3 is 2.41 bits per heavy atom. The fraction of sp³-hybridized carbons (Fsp3) is 0.107. The fourth-order valence-electron chi connectivity index (χ4n) is 4.11. The Hall–Kier alpha value is -4.01. The van der Waals surface area contributed by atoms with Gasteiger partial charge in [-0.1, -0.05) is 41.9 Å². The van der Waals surface area contributed by atoms with Crippen molar-refractivity contribution >= 4 is 60.8 Å². The molecule has 0 aliphatic rings. The quantitative estimate of drug-likeness (QED) is 0.246. The van der Waals surface area contributed by atoms with Gasteiger partial charge in [-0.25, -0.2) is 8.42 Å². The first-order valence-electron chi connectivity index (χ1n) is 11.6. The van der Waals surface area contributed by atoms with E-state index < -0.39 is 22.5 Å². The van der Waals surface area contributed by atoms with E-state index in [0.29, 0.717) is 28.6 Å². The number of carbonyl (C=O) groups is 1. The third kappa shape index (κ3) is 4.98. The van der Waals surface area contributed by atoms with Gasteiger partial charge in [-0.3, -0.25) is 9.10 Å². The zero-order chi connectivity index (χ0) is 26.0. The monoisotopic (exact) mass is 534 g/mol. The number of hydrogen-bond acceptors (Lipinski definition) is 5.